The molecule has 0 aromatic carbocycles. The highest BCUT2D eigenvalue weighted by Crippen LogP contribution is 2.34. The molecule has 2 rings (SSSR count). The van der Waals surface area contributed by atoms with Crippen molar-refractivity contribution in [3.63, 3.8) is 0 Å². The van der Waals surface area contributed by atoms with Crippen LogP contribution in [-0.4, -0.2) is 76.7 Å². The maximum Gasteiger partial charge on any atom is 0.315 e. The molecule has 5 N–H and O–H groups in total. The highest BCUT2D eigenvalue weighted by atomic mass is 32.2. The Morgan fingerprint density at radius 1 is 0.955 bits per heavy atom. The Bertz CT molecular complexity index is 1010. The Hall–Kier alpha value is -2.30. The van der Waals surface area contributed by atoms with Crippen molar-refractivity contribution in [2.75, 3.05) is 24.6 Å². The van der Waals surface area contributed by atoms with Crippen LogP contribution in [0.25, 0.3) is 0 Å². The van der Waals surface area contributed by atoms with Crippen LogP contribution in [0.5, 0.6) is 0 Å². The van der Waals surface area contributed by atoms with Crippen molar-refractivity contribution in [2.24, 2.45) is 28.4 Å². The number of nitrogens with one attached hydrogen (secondary N) is 3. The summed E-state index contributed by atoms with van der Waals surface area (Å²) in [7, 11) is 0. The van der Waals surface area contributed by atoms with Gasteiger partial charge in [-0.15, -0.1) is 0 Å². The number of Topliss-reactive ketones (excluding diaryl/α,β-unsaturated/α-hetero) is 1. The number of nitrogens with two attached hydrogens (primary N) is 1. The summed E-state index contributed by atoms with van der Waals surface area (Å²) in [5, 5.41) is 8.92. The zero-order chi connectivity index (χ0) is 33.3. The van der Waals surface area contributed by atoms with E-state index >= 15 is 0 Å². The average molecular weight is 638 g/mol. The van der Waals surface area contributed by atoms with Crippen molar-refractivity contribution in [1.82, 2.24) is 20.9 Å². The monoisotopic (exact) mass is 637 g/mol. The van der Waals surface area contributed by atoms with Gasteiger partial charge in [-0.1, -0.05) is 87.5 Å². The molecule has 2 fully saturated rings. The van der Waals surface area contributed by atoms with Gasteiger partial charge >= 0.3 is 6.03 Å². The van der Waals surface area contributed by atoms with E-state index in [2.05, 4.69) is 50.6 Å². The number of rotatable bonds is 16. The summed E-state index contributed by atoms with van der Waals surface area (Å²) < 4.78 is 0. The van der Waals surface area contributed by atoms with Crippen LogP contribution in [-0.2, 0) is 19.2 Å². The van der Waals surface area contributed by atoms with E-state index < -0.39 is 35.1 Å². The standard InChI is InChI=1S/C33H59N5O5S/c1-9-44-21-33(16-11-10-12-17-33)37-30(43)36-27(32(6,7)8)29(42)38(18-15-22(2)31(3,4)5)20-25(39)35-24(19-23-13-14-23)26(40)28(34)41/h22-24,27H,9-21H2,1-8H3,(H2,34,41)(H,35,39)(H2,36,37,43)/t22?,24?,27-/m1/s1. The zero-order valence-corrected chi connectivity index (χ0v) is 29.3. The lowest BCUT2D eigenvalue weighted by atomic mass is 9.80. The summed E-state index contributed by atoms with van der Waals surface area (Å²) in [5.41, 5.74) is 4.31. The first-order valence-electron chi connectivity index (χ1n) is 16.5. The minimum absolute atomic E-state index is 0.00732. The highest BCUT2D eigenvalue weighted by Gasteiger charge is 2.40. The minimum Gasteiger partial charge on any atom is -0.363 e. The third kappa shape index (κ3) is 12.2. The molecule has 2 aliphatic carbocycles. The van der Waals surface area contributed by atoms with Crippen LogP contribution in [0, 0.1) is 22.7 Å². The fraction of sp³-hybridized carbons (Fsp3) is 0.848. The van der Waals surface area contributed by atoms with Crippen LogP contribution in [0.1, 0.15) is 113 Å². The molecule has 252 valence electrons. The Morgan fingerprint density at radius 2 is 1.57 bits per heavy atom. The van der Waals surface area contributed by atoms with E-state index in [9.17, 15) is 24.0 Å². The van der Waals surface area contributed by atoms with Gasteiger partial charge in [0.1, 0.15) is 6.04 Å². The summed E-state index contributed by atoms with van der Waals surface area (Å²) in [6, 6.07) is -2.27. The molecule has 0 aliphatic heterocycles. The van der Waals surface area contributed by atoms with Gasteiger partial charge in [0.05, 0.1) is 18.1 Å². The van der Waals surface area contributed by atoms with E-state index in [-0.39, 0.29) is 41.3 Å². The highest BCUT2D eigenvalue weighted by molar-refractivity contribution is 7.99. The third-order valence-electron chi connectivity index (χ3n) is 9.28. The lowest BCUT2D eigenvalue weighted by Gasteiger charge is -2.40. The molecule has 2 saturated carbocycles. The Labute approximate surface area is 269 Å². The summed E-state index contributed by atoms with van der Waals surface area (Å²) in [6.45, 7) is 16.3. The average Bonchev–Trinajstić information content (AvgIpc) is 3.75. The molecule has 10 nitrogen and oxygen atoms in total. The van der Waals surface area contributed by atoms with Crippen LogP contribution in [0.2, 0.25) is 0 Å². The largest absolute Gasteiger partial charge is 0.363 e. The smallest absolute Gasteiger partial charge is 0.315 e. The van der Waals surface area contributed by atoms with Gasteiger partial charge < -0.3 is 26.6 Å². The molecule has 0 bridgehead atoms. The second-order valence-electron chi connectivity index (χ2n) is 15.2. The molecular formula is C33H59N5O5S. The fourth-order valence-electron chi connectivity index (χ4n) is 5.62. The number of primary amides is 1. The number of amides is 5. The van der Waals surface area contributed by atoms with E-state index in [1.165, 1.54) is 4.90 Å². The van der Waals surface area contributed by atoms with Crippen LogP contribution < -0.4 is 21.7 Å². The van der Waals surface area contributed by atoms with Crippen LogP contribution in [0.3, 0.4) is 0 Å². The predicted octanol–water partition coefficient (Wildman–Crippen LogP) is 4.40. The van der Waals surface area contributed by atoms with E-state index in [4.69, 9.17) is 5.73 Å². The first-order valence-corrected chi connectivity index (χ1v) is 17.6. The number of carbonyl (C=O) groups excluding carboxylic acids is 5. The molecule has 0 aromatic rings. The zero-order valence-electron chi connectivity index (χ0n) is 28.5. The lowest BCUT2D eigenvalue weighted by Crippen LogP contribution is -2.62. The van der Waals surface area contributed by atoms with Crippen LogP contribution >= 0.6 is 11.8 Å². The Morgan fingerprint density at radius 3 is 2.07 bits per heavy atom. The molecule has 0 saturated heterocycles. The quantitative estimate of drug-likeness (QED) is 0.184. The molecule has 44 heavy (non-hydrogen) atoms. The van der Waals surface area contributed by atoms with Gasteiger partial charge in [-0.3, -0.25) is 19.2 Å². The summed E-state index contributed by atoms with van der Waals surface area (Å²) in [4.78, 5) is 66.7. The summed E-state index contributed by atoms with van der Waals surface area (Å²) in [6.07, 6.45) is 7.96. The number of ketones is 1. The number of hydrogen-bond acceptors (Lipinski definition) is 6. The second kappa shape index (κ2) is 16.3. The maximum absolute atomic E-state index is 14.2. The van der Waals surface area contributed by atoms with Crippen molar-refractivity contribution < 1.29 is 24.0 Å². The maximum atomic E-state index is 14.2. The van der Waals surface area contributed by atoms with Crippen molar-refractivity contribution >= 4 is 41.3 Å². The molecule has 0 heterocycles. The van der Waals surface area contributed by atoms with Gasteiger partial charge in [0.15, 0.2) is 0 Å². The third-order valence-corrected chi connectivity index (χ3v) is 10.4. The number of hydrogen-bond donors (Lipinski definition) is 4. The van der Waals surface area contributed by atoms with E-state index in [1.54, 1.807) is 0 Å². The van der Waals surface area contributed by atoms with Crippen molar-refractivity contribution in [3.8, 4) is 0 Å². The van der Waals surface area contributed by atoms with Crippen LogP contribution in [0.15, 0.2) is 0 Å². The summed E-state index contributed by atoms with van der Waals surface area (Å²) >= 11 is 1.81. The van der Waals surface area contributed by atoms with Gasteiger partial charge in [-0.2, -0.15) is 11.8 Å². The van der Waals surface area contributed by atoms with Gasteiger partial charge in [0.2, 0.25) is 17.6 Å². The van der Waals surface area contributed by atoms with E-state index in [1.807, 2.05) is 32.5 Å². The van der Waals surface area contributed by atoms with Crippen molar-refractivity contribution in [3.05, 3.63) is 0 Å². The predicted molar refractivity (Wildman–Crippen MR) is 177 cm³/mol. The Kier molecular flexibility index (Phi) is 14.0. The SMILES string of the molecule is CCSCC1(NC(=O)N[C@H](C(=O)N(CCC(C)C(C)(C)C)CC(=O)NC(CC2CC2)C(=O)C(N)=O)C(C)(C)C)CCCCC1. The summed E-state index contributed by atoms with van der Waals surface area (Å²) in [5.74, 6) is -0.496. The van der Waals surface area contributed by atoms with Crippen LogP contribution in [0.4, 0.5) is 4.79 Å². The van der Waals surface area contributed by atoms with Gasteiger partial charge in [0, 0.05) is 12.3 Å². The molecule has 3 atom stereocenters. The second-order valence-corrected chi connectivity index (χ2v) is 16.5. The van der Waals surface area contributed by atoms with Gasteiger partial charge in [-0.05, 0) is 54.1 Å². The molecule has 0 aromatic heterocycles. The number of thioether (sulfide) groups is 1. The number of carbonyl (C=O) groups is 5. The number of nitrogens with zero attached hydrogens (tertiary/aromatic N) is 1. The normalized spacial score (nSPS) is 18.8. The first kappa shape index (κ1) is 37.9. The van der Waals surface area contributed by atoms with Crippen molar-refractivity contribution in [1.29, 1.82) is 0 Å². The topological polar surface area (TPSA) is 151 Å². The number of urea groups is 1. The molecule has 2 aliphatic rings. The van der Waals surface area contributed by atoms with E-state index in [0.717, 1.165) is 56.5 Å². The molecule has 5 amide bonds. The van der Waals surface area contributed by atoms with E-state index in [0.29, 0.717) is 19.4 Å². The van der Waals surface area contributed by atoms with Gasteiger partial charge in [0.25, 0.3) is 5.91 Å². The fourth-order valence-corrected chi connectivity index (χ4v) is 6.58. The lowest BCUT2D eigenvalue weighted by molar-refractivity contribution is -0.141. The minimum atomic E-state index is -1.08. The molecule has 0 radical (unpaired) electrons. The van der Waals surface area contributed by atoms with Gasteiger partial charge in [-0.25, -0.2) is 4.79 Å². The molecular weight excluding hydrogens is 578 g/mol. The molecule has 0 spiro atoms. The molecule has 2 unspecified atom stereocenters. The molecule has 11 heteroatoms. The Balaban J connectivity index is 2.27. The first-order chi connectivity index (χ1) is 20.4. The van der Waals surface area contributed by atoms with Crippen molar-refractivity contribution in [2.45, 2.75) is 131 Å².